The van der Waals surface area contributed by atoms with Gasteiger partial charge in [-0.15, -0.1) is 22.8 Å². The molecule has 0 spiro atoms. The molecule has 0 saturated heterocycles. The number of hydrogen-bond donors (Lipinski definition) is 1. The van der Waals surface area contributed by atoms with Crippen LogP contribution in [0.4, 0.5) is 0 Å². The Morgan fingerprint density at radius 3 is 2.75 bits per heavy atom. The Morgan fingerprint density at radius 1 is 1.75 bits per heavy atom. The van der Waals surface area contributed by atoms with Gasteiger partial charge >= 0.3 is 0 Å². The molecular weight excluding hydrogens is 124 g/mol. The van der Waals surface area contributed by atoms with Gasteiger partial charge in [0.2, 0.25) is 4.87 Å². The van der Waals surface area contributed by atoms with Gasteiger partial charge in [0.25, 0.3) is 0 Å². The first-order chi connectivity index (χ1) is 3.77. The van der Waals surface area contributed by atoms with Crippen LogP contribution < -0.4 is 0 Å². The standard InChI is InChI=1S/C3H2N4S/c4-1-3(8)2-5-7-6-3/h2,8H. The minimum Gasteiger partial charge on any atom is -0.194 e. The van der Waals surface area contributed by atoms with E-state index in [1.54, 1.807) is 6.07 Å². The van der Waals surface area contributed by atoms with E-state index >= 15 is 0 Å². The van der Waals surface area contributed by atoms with E-state index in [1.807, 2.05) is 0 Å². The van der Waals surface area contributed by atoms with Crippen LogP contribution in [0.15, 0.2) is 15.4 Å². The Bertz CT molecular complexity index is 176. The lowest BCUT2D eigenvalue weighted by Gasteiger charge is -1.96. The topological polar surface area (TPSA) is 60.9 Å². The summed E-state index contributed by atoms with van der Waals surface area (Å²) in [6, 6.07) is 1.79. The van der Waals surface area contributed by atoms with Crippen molar-refractivity contribution < 1.29 is 0 Å². The molecule has 1 aliphatic rings. The van der Waals surface area contributed by atoms with Crippen LogP contribution in [0.3, 0.4) is 0 Å². The first-order valence-electron chi connectivity index (χ1n) is 1.87. The fourth-order valence-electron chi connectivity index (χ4n) is 0.277. The molecule has 1 heterocycles. The second kappa shape index (κ2) is 1.56. The SMILES string of the molecule is N#CC1(S)C=NN=N1. The van der Waals surface area contributed by atoms with E-state index in [-0.39, 0.29) is 0 Å². The molecule has 4 nitrogen and oxygen atoms in total. The van der Waals surface area contributed by atoms with Crippen molar-refractivity contribution in [3.05, 3.63) is 0 Å². The van der Waals surface area contributed by atoms with Crippen molar-refractivity contribution >= 4 is 18.8 Å². The summed E-state index contributed by atoms with van der Waals surface area (Å²) in [4.78, 5) is -1.10. The summed E-state index contributed by atoms with van der Waals surface area (Å²) in [5.41, 5.74) is 0. The smallest absolute Gasteiger partial charge is 0.194 e. The van der Waals surface area contributed by atoms with E-state index in [2.05, 4.69) is 28.1 Å². The van der Waals surface area contributed by atoms with E-state index in [9.17, 15) is 0 Å². The van der Waals surface area contributed by atoms with Gasteiger partial charge in [0.1, 0.15) is 6.07 Å². The van der Waals surface area contributed by atoms with Gasteiger partial charge in [0.15, 0.2) is 0 Å². The molecule has 1 atom stereocenters. The van der Waals surface area contributed by atoms with Crippen LogP contribution in [0.1, 0.15) is 0 Å². The predicted octanol–water partition coefficient (Wildman–Crippen LogP) is 0.588. The van der Waals surface area contributed by atoms with Gasteiger partial charge in [-0.2, -0.15) is 5.26 Å². The highest BCUT2D eigenvalue weighted by Gasteiger charge is 2.24. The maximum absolute atomic E-state index is 8.25. The van der Waals surface area contributed by atoms with Gasteiger partial charge in [0, 0.05) is 0 Å². The maximum Gasteiger partial charge on any atom is 0.248 e. The lowest BCUT2D eigenvalue weighted by atomic mass is 10.4. The minimum absolute atomic E-state index is 1.10. The van der Waals surface area contributed by atoms with Gasteiger partial charge in [-0.25, -0.2) is 0 Å². The van der Waals surface area contributed by atoms with Crippen LogP contribution in [0.25, 0.3) is 0 Å². The van der Waals surface area contributed by atoms with Crippen LogP contribution in [-0.4, -0.2) is 11.1 Å². The molecule has 1 unspecified atom stereocenters. The first kappa shape index (κ1) is 5.25. The average Bonchev–Trinajstić information content (AvgIpc) is 2.17. The summed E-state index contributed by atoms with van der Waals surface area (Å²) in [5, 5.41) is 18.2. The van der Waals surface area contributed by atoms with Crippen molar-refractivity contribution in [3.8, 4) is 6.07 Å². The molecule has 0 bridgehead atoms. The summed E-state index contributed by atoms with van der Waals surface area (Å²) in [5.74, 6) is 0. The summed E-state index contributed by atoms with van der Waals surface area (Å²) >= 11 is 3.81. The Hall–Kier alpha value is -0.890. The Labute approximate surface area is 51.3 Å². The highest BCUT2D eigenvalue weighted by Crippen LogP contribution is 2.16. The molecule has 0 fully saturated rings. The van der Waals surface area contributed by atoms with E-state index < -0.39 is 4.87 Å². The number of rotatable bonds is 0. The zero-order valence-electron chi connectivity index (χ0n) is 3.81. The third kappa shape index (κ3) is 0.699. The van der Waals surface area contributed by atoms with Crippen LogP contribution >= 0.6 is 12.6 Å². The lowest BCUT2D eigenvalue weighted by molar-refractivity contribution is 0.946. The van der Waals surface area contributed by atoms with Crippen molar-refractivity contribution in [1.29, 1.82) is 5.26 Å². The molecule has 0 aromatic heterocycles. The van der Waals surface area contributed by atoms with Crippen LogP contribution in [-0.2, 0) is 0 Å². The van der Waals surface area contributed by atoms with Crippen molar-refractivity contribution in [2.45, 2.75) is 4.87 Å². The fourth-order valence-corrected chi connectivity index (χ4v) is 0.369. The lowest BCUT2D eigenvalue weighted by Crippen LogP contribution is -2.13. The average molecular weight is 126 g/mol. The molecule has 0 amide bonds. The highest BCUT2D eigenvalue weighted by atomic mass is 32.1. The van der Waals surface area contributed by atoms with Gasteiger partial charge in [-0.3, -0.25) is 0 Å². The molecule has 5 heteroatoms. The van der Waals surface area contributed by atoms with Crippen molar-refractivity contribution in [2.75, 3.05) is 0 Å². The second-order valence-corrected chi connectivity index (χ2v) is 1.95. The predicted molar refractivity (Wildman–Crippen MR) is 30.7 cm³/mol. The molecule has 0 saturated carbocycles. The minimum atomic E-state index is -1.10. The zero-order valence-corrected chi connectivity index (χ0v) is 4.71. The fraction of sp³-hybridized carbons (Fsp3) is 0.333. The van der Waals surface area contributed by atoms with E-state index in [4.69, 9.17) is 5.26 Å². The van der Waals surface area contributed by atoms with Crippen molar-refractivity contribution in [2.24, 2.45) is 15.4 Å². The molecule has 40 valence electrons. The molecule has 1 rings (SSSR count). The molecule has 0 aromatic rings. The van der Waals surface area contributed by atoms with Gasteiger partial charge in [-0.05, 0) is 5.22 Å². The first-order valence-corrected chi connectivity index (χ1v) is 2.31. The van der Waals surface area contributed by atoms with Gasteiger partial charge in [0.05, 0.1) is 6.21 Å². The molecule has 0 aliphatic carbocycles. The molecule has 0 aromatic carbocycles. The van der Waals surface area contributed by atoms with Gasteiger partial charge in [-0.1, -0.05) is 0 Å². The Kier molecular flexibility index (Phi) is 1.02. The van der Waals surface area contributed by atoms with Crippen molar-refractivity contribution in [3.63, 3.8) is 0 Å². The third-order valence-corrected chi connectivity index (χ3v) is 0.956. The summed E-state index contributed by atoms with van der Waals surface area (Å²) in [6.45, 7) is 0. The summed E-state index contributed by atoms with van der Waals surface area (Å²) < 4.78 is 0. The van der Waals surface area contributed by atoms with E-state index in [0.29, 0.717) is 0 Å². The Morgan fingerprint density at radius 2 is 2.50 bits per heavy atom. The van der Waals surface area contributed by atoms with Crippen LogP contribution in [0.2, 0.25) is 0 Å². The largest absolute Gasteiger partial charge is 0.248 e. The number of thiol groups is 1. The number of hydrogen-bond acceptors (Lipinski definition) is 5. The molecule has 8 heavy (non-hydrogen) atoms. The number of nitriles is 1. The second-order valence-electron chi connectivity index (χ2n) is 1.27. The van der Waals surface area contributed by atoms with Crippen LogP contribution in [0, 0.1) is 11.3 Å². The maximum atomic E-state index is 8.25. The molecule has 0 radical (unpaired) electrons. The molecule has 0 N–H and O–H groups in total. The normalized spacial score (nSPS) is 33.0. The molecular formula is C3H2N4S. The number of nitrogens with zero attached hydrogens (tertiary/aromatic N) is 4. The third-order valence-electron chi connectivity index (χ3n) is 0.651. The quantitative estimate of drug-likeness (QED) is 0.474. The van der Waals surface area contributed by atoms with Crippen LogP contribution in [0.5, 0.6) is 0 Å². The Balaban J connectivity index is 2.89. The van der Waals surface area contributed by atoms with E-state index in [0.717, 1.165) is 0 Å². The summed E-state index contributed by atoms with van der Waals surface area (Å²) in [7, 11) is 0. The van der Waals surface area contributed by atoms with Crippen molar-refractivity contribution in [1.82, 2.24) is 0 Å². The monoisotopic (exact) mass is 126 g/mol. The van der Waals surface area contributed by atoms with E-state index in [1.165, 1.54) is 6.21 Å². The molecule has 1 aliphatic heterocycles. The van der Waals surface area contributed by atoms with Gasteiger partial charge < -0.3 is 0 Å². The zero-order chi connectivity index (χ0) is 6.04. The highest BCUT2D eigenvalue weighted by molar-refractivity contribution is 7.83. The summed E-state index contributed by atoms with van der Waals surface area (Å²) in [6.07, 6.45) is 1.27.